The molecule has 0 atom stereocenters. The van der Waals surface area contributed by atoms with Crippen molar-refractivity contribution in [2.24, 2.45) is 0 Å². The van der Waals surface area contributed by atoms with Crippen LogP contribution in [0.15, 0.2) is 53.3 Å². The first kappa shape index (κ1) is 11.3. The number of phenols is 1. The topological polar surface area (TPSA) is 38.1 Å². The highest BCUT2D eigenvalue weighted by molar-refractivity contribution is 9.10. The van der Waals surface area contributed by atoms with E-state index in [9.17, 15) is 5.11 Å². The van der Waals surface area contributed by atoms with E-state index in [4.69, 9.17) is 0 Å². The SMILES string of the molecule is Oc1cc2ncn(Cc3ccccc3)c2cc1Br. The summed E-state index contributed by atoms with van der Waals surface area (Å²) in [5.74, 6) is 0.215. The van der Waals surface area contributed by atoms with Gasteiger partial charge in [0, 0.05) is 12.6 Å². The average molecular weight is 303 g/mol. The van der Waals surface area contributed by atoms with Crippen LogP contribution in [0.2, 0.25) is 0 Å². The molecule has 1 heterocycles. The van der Waals surface area contributed by atoms with Gasteiger partial charge in [-0.15, -0.1) is 0 Å². The minimum Gasteiger partial charge on any atom is -0.507 e. The summed E-state index contributed by atoms with van der Waals surface area (Å²) in [5, 5.41) is 9.62. The van der Waals surface area contributed by atoms with Crippen LogP contribution in [0.5, 0.6) is 5.75 Å². The van der Waals surface area contributed by atoms with Gasteiger partial charge in [-0.1, -0.05) is 30.3 Å². The third-order valence-electron chi connectivity index (χ3n) is 2.89. The molecular formula is C14H11BrN2O. The molecule has 0 amide bonds. The van der Waals surface area contributed by atoms with Crippen LogP contribution in [0.3, 0.4) is 0 Å². The van der Waals surface area contributed by atoms with Crippen molar-refractivity contribution in [1.82, 2.24) is 9.55 Å². The molecule has 0 fully saturated rings. The summed E-state index contributed by atoms with van der Waals surface area (Å²) in [6, 6.07) is 13.8. The van der Waals surface area contributed by atoms with E-state index < -0.39 is 0 Å². The Morgan fingerprint density at radius 1 is 1.17 bits per heavy atom. The fourth-order valence-corrected chi connectivity index (χ4v) is 2.31. The summed E-state index contributed by atoms with van der Waals surface area (Å²) < 4.78 is 2.75. The van der Waals surface area contributed by atoms with Crippen LogP contribution in [0.25, 0.3) is 11.0 Å². The average Bonchev–Trinajstić information content (AvgIpc) is 2.74. The molecule has 2 aromatic carbocycles. The van der Waals surface area contributed by atoms with Gasteiger partial charge in [-0.2, -0.15) is 0 Å². The smallest absolute Gasteiger partial charge is 0.132 e. The zero-order valence-electron chi connectivity index (χ0n) is 9.55. The molecule has 3 aromatic rings. The third-order valence-corrected chi connectivity index (χ3v) is 3.52. The number of hydrogen-bond donors (Lipinski definition) is 1. The monoisotopic (exact) mass is 302 g/mol. The van der Waals surface area contributed by atoms with Gasteiger partial charge in [0.25, 0.3) is 0 Å². The molecule has 3 nitrogen and oxygen atoms in total. The highest BCUT2D eigenvalue weighted by Gasteiger charge is 2.07. The van der Waals surface area contributed by atoms with E-state index in [1.165, 1.54) is 5.56 Å². The van der Waals surface area contributed by atoms with Gasteiger partial charge >= 0.3 is 0 Å². The Morgan fingerprint density at radius 3 is 2.72 bits per heavy atom. The fraction of sp³-hybridized carbons (Fsp3) is 0.0714. The van der Waals surface area contributed by atoms with Crippen LogP contribution in [0.4, 0.5) is 0 Å². The van der Waals surface area contributed by atoms with Gasteiger partial charge in [-0.05, 0) is 27.6 Å². The molecule has 0 aliphatic carbocycles. The Labute approximate surface area is 113 Å². The van der Waals surface area contributed by atoms with Gasteiger partial charge in [-0.25, -0.2) is 4.98 Å². The quantitative estimate of drug-likeness (QED) is 0.786. The summed E-state index contributed by atoms with van der Waals surface area (Å²) in [6.07, 6.45) is 1.80. The van der Waals surface area contributed by atoms with Gasteiger partial charge in [0.15, 0.2) is 0 Å². The molecule has 0 spiro atoms. The number of rotatable bonds is 2. The van der Waals surface area contributed by atoms with Gasteiger partial charge in [0.05, 0.1) is 21.8 Å². The Kier molecular flexibility index (Phi) is 2.80. The number of imidazole rings is 1. The van der Waals surface area contributed by atoms with Gasteiger partial charge in [-0.3, -0.25) is 0 Å². The van der Waals surface area contributed by atoms with Crippen molar-refractivity contribution < 1.29 is 5.11 Å². The van der Waals surface area contributed by atoms with Crippen LogP contribution >= 0.6 is 15.9 Å². The zero-order valence-corrected chi connectivity index (χ0v) is 11.1. The first-order chi connectivity index (χ1) is 8.74. The minimum absolute atomic E-state index is 0.215. The number of benzene rings is 2. The van der Waals surface area contributed by atoms with Crippen LogP contribution in [0.1, 0.15) is 5.56 Å². The Hall–Kier alpha value is -1.81. The molecule has 1 aromatic heterocycles. The highest BCUT2D eigenvalue weighted by atomic mass is 79.9. The summed E-state index contributed by atoms with van der Waals surface area (Å²) in [6.45, 7) is 0.772. The normalized spacial score (nSPS) is 10.9. The first-order valence-electron chi connectivity index (χ1n) is 5.61. The van der Waals surface area contributed by atoms with Crippen LogP contribution in [-0.2, 0) is 6.54 Å². The Balaban J connectivity index is 2.05. The maximum absolute atomic E-state index is 9.62. The molecule has 1 N–H and O–H groups in total. The van der Waals surface area contributed by atoms with Gasteiger partial charge < -0.3 is 9.67 Å². The molecule has 0 saturated carbocycles. The zero-order chi connectivity index (χ0) is 12.5. The van der Waals surface area contributed by atoms with Crippen molar-refractivity contribution in [2.75, 3.05) is 0 Å². The Morgan fingerprint density at radius 2 is 1.94 bits per heavy atom. The molecule has 0 saturated heterocycles. The van der Waals surface area contributed by atoms with Crippen LogP contribution < -0.4 is 0 Å². The third kappa shape index (κ3) is 1.99. The van der Waals surface area contributed by atoms with E-state index >= 15 is 0 Å². The summed E-state index contributed by atoms with van der Waals surface area (Å²) in [4.78, 5) is 4.30. The van der Waals surface area contributed by atoms with E-state index in [1.807, 2.05) is 24.3 Å². The van der Waals surface area contributed by atoms with Crippen molar-refractivity contribution in [3.63, 3.8) is 0 Å². The van der Waals surface area contributed by atoms with E-state index in [0.717, 1.165) is 17.6 Å². The fourth-order valence-electron chi connectivity index (χ4n) is 1.97. The molecule has 3 rings (SSSR count). The lowest BCUT2D eigenvalue weighted by molar-refractivity contribution is 0.472. The number of hydrogen-bond acceptors (Lipinski definition) is 2. The van der Waals surface area contributed by atoms with E-state index in [-0.39, 0.29) is 5.75 Å². The second-order valence-electron chi connectivity index (χ2n) is 4.15. The van der Waals surface area contributed by atoms with E-state index in [1.54, 1.807) is 12.4 Å². The lowest BCUT2D eigenvalue weighted by atomic mass is 10.2. The summed E-state index contributed by atoms with van der Waals surface area (Å²) >= 11 is 3.33. The summed E-state index contributed by atoms with van der Waals surface area (Å²) in [7, 11) is 0. The first-order valence-corrected chi connectivity index (χ1v) is 6.40. The second kappa shape index (κ2) is 4.46. The van der Waals surface area contributed by atoms with Crippen LogP contribution in [-0.4, -0.2) is 14.7 Å². The Bertz CT molecular complexity index is 692. The maximum Gasteiger partial charge on any atom is 0.132 e. The number of aromatic nitrogens is 2. The number of phenolic OH excluding ortho intramolecular Hbond substituents is 1. The second-order valence-corrected chi connectivity index (χ2v) is 5.00. The van der Waals surface area contributed by atoms with Crippen molar-refractivity contribution in [3.8, 4) is 5.75 Å². The largest absolute Gasteiger partial charge is 0.507 e. The molecule has 0 aliphatic heterocycles. The lowest BCUT2D eigenvalue weighted by Gasteiger charge is -2.05. The molecule has 0 unspecified atom stereocenters. The van der Waals surface area contributed by atoms with E-state index in [2.05, 4.69) is 37.6 Å². The van der Waals surface area contributed by atoms with Crippen molar-refractivity contribution in [2.45, 2.75) is 6.54 Å². The predicted molar refractivity (Wildman–Crippen MR) is 74.6 cm³/mol. The number of aromatic hydroxyl groups is 1. The number of nitrogens with zero attached hydrogens (tertiary/aromatic N) is 2. The molecule has 18 heavy (non-hydrogen) atoms. The molecular weight excluding hydrogens is 292 g/mol. The molecule has 90 valence electrons. The van der Waals surface area contributed by atoms with Crippen molar-refractivity contribution >= 4 is 27.0 Å². The predicted octanol–water partition coefficient (Wildman–Crippen LogP) is 3.55. The molecule has 0 radical (unpaired) electrons. The van der Waals surface area contributed by atoms with E-state index in [0.29, 0.717) is 4.47 Å². The highest BCUT2D eigenvalue weighted by Crippen LogP contribution is 2.28. The molecule has 0 aliphatic rings. The van der Waals surface area contributed by atoms with Gasteiger partial charge in [0.2, 0.25) is 0 Å². The lowest BCUT2D eigenvalue weighted by Crippen LogP contribution is -1.97. The minimum atomic E-state index is 0.215. The maximum atomic E-state index is 9.62. The van der Waals surface area contributed by atoms with Crippen molar-refractivity contribution in [1.29, 1.82) is 0 Å². The summed E-state index contributed by atoms with van der Waals surface area (Å²) in [5.41, 5.74) is 3.02. The number of halogens is 1. The van der Waals surface area contributed by atoms with Crippen LogP contribution in [0, 0.1) is 0 Å². The van der Waals surface area contributed by atoms with Crippen molar-refractivity contribution in [3.05, 3.63) is 58.8 Å². The molecule has 4 heteroatoms. The van der Waals surface area contributed by atoms with Gasteiger partial charge in [0.1, 0.15) is 5.75 Å². The molecule has 0 bridgehead atoms. The number of fused-ring (bicyclic) bond motifs is 1. The standard InChI is InChI=1S/C14H11BrN2O/c15-11-6-13-12(7-14(11)18)16-9-17(13)8-10-4-2-1-3-5-10/h1-7,9,18H,8H2.